The van der Waals surface area contributed by atoms with Crippen molar-refractivity contribution in [3.05, 3.63) is 35.9 Å². The number of fused-ring (bicyclic) bond motifs is 1. The van der Waals surface area contributed by atoms with Gasteiger partial charge in [0.1, 0.15) is 0 Å². The Kier molecular flexibility index (Phi) is 2.41. The summed E-state index contributed by atoms with van der Waals surface area (Å²) in [5.41, 5.74) is 0.925. The molecule has 18 heavy (non-hydrogen) atoms. The standard InChI is InChI=1S/C12H12N2O3S/c15-12(14-6-3-7-14)8-10-9-4-1-2-5-11(9)18(16,17)13-10/h1-2,4-5,8,13H,3,6-7H2. The van der Waals surface area contributed by atoms with E-state index in [2.05, 4.69) is 4.72 Å². The minimum absolute atomic E-state index is 0.143. The van der Waals surface area contributed by atoms with Crippen LogP contribution in [0, 0.1) is 0 Å². The van der Waals surface area contributed by atoms with Crippen molar-refractivity contribution >= 4 is 21.6 Å². The first-order chi connectivity index (χ1) is 8.58. The van der Waals surface area contributed by atoms with Gasteiger partial charge in [-0.3, -0.25) is 9.52 Å². The number of carbonyl (C=O) groups is 1. The first-order valence-electron chi connectivity index (χ1n) is 5.71. The quantitative estimate of drug-likeness (QED) is 0.753. The van der Waals surface area contributed by atoms with Crippen LogP contribution in [0.25, 0.3) is 5.70 Å². The van der Waals surface area contributed by atoms with Crippen molar-refractivity contribution in [1.29, 1.82) is 0 Å². The van der Waals surface area contributed by atoms with Gasteiger partial charge < -0.3 is 4.90 Å². The molecule has 0 unspecified atom stereocenters. The van der Waals surface area contributed by atoms with Gasteiger partial charge in [0, 0.05) is 24.7 Å². The van der Waals surface area contributed by atoms with E-state index < -0.39 is 10.0 Å². The summed E-state index contributed by atoms with van der Waals surface area (Å²) in [4.78, 5) is 13.7. The third-order valence-electron chi connectivity index (χ3n) is 3.15. The second-order valence-corrected chi connectivity index (χ2v) is 5.99. The van der Waals surface area contributed by atoms with Crippen LogP contribution in [0.3, 0.4) is 0 Å². The molecular formula is C12H12N2O3S. The van der Waals surface area contributed by atoms with Gasteiger partial charge >= 0.3 is 0 Å². The summed E-state index contributed by atoms with van der Waals surface area (Å²) in [5, 5.41) is 0. The lowest BCUT2D eigenvalue weighted by Gasteiger charge is -2.29. The van der Waals surface area contributed by atoms with Crippen LogP contribution in [0.1, 0.15) is 12.0 Å². The molecule has 0 saturated carbocycles. The lowest BCUT2D eigenvalue weighted by atomic mass is 10.1. The maximum atomic E-state index is 11.8. The number of benzene rings is 1. The molecule has 1 amide bonds. The average Bonchev–Trinajstić information content (AvgIpc) is 2.49. The fourth-order valence-corrected chi connectivity index (χ4v) is 3.33. The van der Waals surface area contributed by atoms with Crippen molar-refractivity contribution in [2.75, 3.05) is 13.1 Å². The molecule has 6 heteroatoms. The second-order valence-electron chi connectivity index (χ2n) is 4.34. The molecule has 1 aromatic carbocycles. The monoisotopic (exact) mass is 264 g/mol. The van der Waals surface area contributed by atoms with Gasteiger partial charge in [-0.15, -0.1) is 0 Å². The Hall–Kier alpha value is -1.82. The molecule has 0 bridgehead atoms. The molecular weight excluding hydrogens is 252 g/mol. The Morgan fingerprint density at radius 2 is 2.00 bits per heavy atom. The summed E-state index contributed by atoms with van der Waals surface area (Å²) in [6.07, 6.45) is 2.37. The SMILES string of the molecule is O=C(C=C1NS(=O)(=O)c2ccccc21)N1CCC1. The molecule has 0 aromatic heterocycles. The van der Waals surface area contributed by atoms with Crippen molar-refractivity contribution in [3.63, 3.8) is 0 Å². The van der Waals surface area contributed by atoms with E-state index >= 15 is 0 Å². The van der Waals surface area contributed by atoms with Crippen LogP contribution in [0.5, 0.6) is 0 Å². The van der Waals surface area contributed by atoms with Gasteiger partial charge in [-0.2, -0.15) is 0 Å². The molecule has 5 nitrogen and oxygen atoms in total. The third-order valence-corrected chi connectivity index (χ3v) is 4.57. The van der Waals surface area contributed by atoms with Gasteiger partial charge in [0.2, 0.25) is 5.91 Å². The first kappa shape index (κ1) is 11.3. The number of amides is 1. The van der Waals surface area contributed by atoms with Gasteiger partial charge in [0.15, 0.2) is 0 Å². The van der Waals surface area contributed by atoms with Crippen molar-refractivity contribution < 1.29 is 13.2 Å². The fourth-order valence-electron chi connectivity index (χ4n) is 2.04. The number of carbonyl (C=O) groups excluding carboxylic acids is 1. The molecule has 2 aliphatic heterocycles. The topological polar surface area (TPSA) is 66.5 Å². The molecule has 0 atom stereocenters. The van der Waals surface area contributed by atoms with E-state index in [0.717, 1.165) is 19.5 Å². The molecule has 1 fully saturated rings. The van der Waals surface area contributed by atoms with Gasteiger partial charge in [-0.25, -0.2) is 8.42 Å². The van der Waals surface area contributed by atoms with Crippen molar-refractivity contribution in [3.8, 4) is 0 Å². The smallest absolute Gasteiger partial charge is 0.262 e. The largest absolute Gasteiger partial charge is 0.339 e. The molecule has 2 heterocycles. The summed E-state index contributed by atoms with van der Waals surface area (Å²) in [5.74, 6) is -0.143. The molecule has 1 aromatic rings. The lowest BCUT2D eigenvalue weighted by molar-refractivity contribution is -0.129. The van der Waals surface area contributed by atoms with Crippen molar-refractivity contribution in [1.82, 2.24) is 9.62 Å². The van der Waals surface area contributed by atoms with Gasteiger partial charge in [-0.1, -0.05) is 18.2 Å². The van der Waals surface area contributed by atoms with Gasteiger partial charge in [-0.05, 0) is 12.5 Å². The summed E-state index contributed by atoms with van der Waals surface area (Å²) in [6.45, 7) is 1.49. The zero-order chi connectivity index (χ0) is 12.8. The van der Waals surface area contributed by atoms with Crippen LogP contribution in [-0.2, 0) is 14.8 Å². The average molecular weight is 264 g/mol. The molecule has 3 rings (SSSR count). The molecule has 0 radical (unpaired) electrons. The number of hydrogen-bond acceptors (Lipinski definition) is 3. The van der Waals surface area contributed by atoms with Crippen LogP contribution in [0.2, 0.25) is 0 Å². The Bertz CT molecular complexity index is 645. The highest BCUT2D eigenvalue weighted by atomic mass is 32.2. The van der Waals surface area contributed by atoms with E-state index in [0.29, 0.717) is 11.3 Å². The highest BCUT2D eigenvalue weighted by molar-refractivity contribution is 7.90. The maximum Gasteiger partial charge on any atom is 0.262 e. The van der Waals surface area contributed by atoms with E-state index in [4.69, 9.17) is 0 Å². The van der Waals surface area contributed by atoms with Gasteiger partial charge in [0.05, 0.1) is 10.6 Å². The molecule has 0 spiro atoms. The minimum Gasteiger partial charge on any atom is -0.339 e. The summed E-state index contributed by atoms with van der Waals surface area (Å²) in [6, 6.07) is 6.65. The number of sulfonamides is 1. The highest BCUT2D eigenvalue weighted by Crippen LogP contribution is 2.29. The number of likely N-dealkylation sites (tertiary alicyclic amines) is 1. The van der Waals surface area contributed by atoms with E-state index in [9.17, 15) is 13.2 Å². The number of nitrogens with zero attached hydrogens (tertiary/aromatic N) is 1. The van der Waals surface area contributed by atoms with E-state index in [1.54, 1.807) is 23.1 Å². The number of hydrogen-bond donors (Lipinski definition) is 1. The molecule has 0 aliphatic carbocycles. The molecule has 2 aliphatic rings. The van der Waals surface area contributed by atoms with Crippen LogP contribution in [0.4, 0.5) is 0 Å². The fraction of sp³-hybridized carbons (Fsp3) is 0.250. The van der Waals surface area contributed by atoms with Crippen LogP contribution in [0.15, 0.2) is 35.2 Å². The number of nitrogens with one attached hydrogen (secondary N) is 1. The van der Waals surface area contributed by atoms with Crippen LogP contribution < -0.4 is 4.72 Å². The van der Waals surface area contributed by atoms with Crippen LogP contribution >= 0.6 is 0 Å². The molecule has 1 N–H and O–H groups in total. The Labute approximate surface area is 105 Å². The summed E-state index contributed by atoms with van der Waals surface area (Å²) in [7, 11) is -3.50. The lowest BCUT2D eigenvalue weighted by Crippen LogP contribution is -2.41. The van der Waals surface area contributed by atoms with E-state index in [-0.39, 0.29) is 10.8 Å². The second kappa shape index (κ2) is 3.84. The van der Waals surface area contributed by atoms with E-state index in [1.807, 2.05) is 0 Å². The predicted molar refractivity (Wildman–Crippen MR) is 65.9 cm³/mol. The zero-order valence-electron chi connectivity index (χ0n) is 9.59. The van der Waals surface area contributed by atoms with Crippen molar-refractivity contribution in [2.24, 2.45) is 0 Å². The van der Waals surface area contributed by atoms with Crippen LogP contribution in [-0.4, -0.2) is 32.3 Å². The predicted octanol–water partition coefficient (Wildman–Crippen LogP) is 0.552. The third kappa shape index (κ3) is 1.69. The van der Waals surface area contributed by atoms with E-state index in [1.165, 1.54) is 12.1 Å². The summed E-state index contributed by atoms with van der Waals surface area (Å²) >= 11 is 0. The first-order valence-corrected chi connectivity index (χ1v) is 7.19. The Morgan fingerprint density at radius 3 is 2.67 bits per heavy atom. The maximum absolute atomic E-state index is 11.8. The molecule has 94 valence electrons. The van der Waals surface area contributed by atoms with Crippen molar-refractivity contribution in [2.45, 2.75) is 11.3 Å². The molecule has 1 saturated heterocycles. The van der Waals surface area contributed by atoms with Gasteiger partial charge in [0.25, 0.3) is 10.0 Å². The number of rotatable bonds is 1. The normalized spacial score (nSPS) is 22.2. The highest BCUT2D eigenvalue weighted by Gasteiger charge is 2.30. The summed E-state index contributed by atoms with van der Waals surface area (Å²) < 4.78 is 26.1. The zero-order valence-corrected chi connectivity index (χ0v) is 10.4. The Balaban J connectivity index is 2.00. The minimum atomic E-state index is -3.50. The Morgan fingerprint density at radius 1 is 1.28 bits per heavy atom.